The van der Waals surface area contributed by atoms with Gasteiger partial charge in [0.15, 0.2) is 0 Å². The van der Waals surface area contributed by atoms with E-state index in [-0.39, 0.29) is 11.9 Å². The number of carbonyl (C=O) groups excluding carboxylic acids is 1. The molecule has 0 spiro atoms. The highest BCUT2D eigenvalue weighted by Gasteiger charge is 2.21. The molecule has 106 valence electrons. The molecule has 20 heavy (non-hydrogen) atoms. The van der Waals surface area contributed by atoms with Crippen LogP contribution in [-0.2, 0) is 4.79 Å². The van der Waals surface area contributed by atoms with E-state index >= 15 is 0 Å². The van der Waals surface area contributed by atoms with Crippen molar-refractivity contribution in [2.24, 2.45) is 0 Å². The van der Waals surface area contributed by atoms with Crippen LogP contribution in [0.4, 0.5) is 0 Å². The van der Waals surface area contributed by atoms with Crippen molar-refractivity contribution in [1.82, 2.24) is 5.32 Å². The summed E-state index contributed by atoms with van der Waals surface area (Å²) in [4.78, 5) is 11.9. The minimum absolute atomic E-state index is 0.0233. The van der Waals surface area contributed by atoms with E-state index in [1.54, 1.807) is 12.2 Å². The summed E-state index contributed by atoms with van der Waals surface area (Å²) in [5, 5.41) is 3.06. The molecule has 1 unspecified atom stereocenters. The van der Waals surface area contributed by atoms with E-state index in [4.69, 9.17) is 4.74 Å². The molecule has 0 fully saturated rings. The van der Waals surface area contributed by atoms with Crippen molar-refractivity contribution in [2.75, 3.05) is 6.61 Å². The number of nitrogens with one attached hydrogen (secondary N) is 1. The van der Waals surface area contributed by atoms with Gasteiger partial charge in [0.2, 0.25) is 5.91 Å². The van der Waals surface area contributed by atoms with E-state index in [0.717, 1.165) is 29.7 Å². The number of benzene rings is 1. The molecule has 0 saturated carbocycles. The van der Waals surface area contributed by atoms with Crippen LogP contribution in [0, 0.1) is 6.92 Å². The quantitative estimate of drug-likeness (QED) is 0.675. The summed E-state index contributed by atoms with van der Waals surface area (Å²) >= 11 is 0. The molecule has 0 radical (unpaired) electrons. The summed E-state index contributed by atoms with van der Waals surface area (Å²) in [5.41, 5.74) is 2.20. The van der Waals surface area contributed by atoms with Gasteiger partial charge in [0.25, 0.3) is 0 Å². The summed E-state index contributed by atoms with van der Waals surface area (Å²) in [6.45, 7) is 4.66. The maximum atomic E-state index is 11.9. The molecule has 0 saturated heterocycles. The lowest BCUT2D eigenvalue weighted by molar-refractivity contribution is -0.117. The smallest absolute Gasteiger partial charge is 0.244 e. The van der Waals surface area contributed by atoms with E-state index in [1.165, 1.54) is 0 Å². The third-order valence-electron chi connectivity index (χ3n) is 3.37. The molecular weight excluding hydrogens is 250 g/mol. The second-order valence-corrected chi connectivity index (χ2v) is 4.93. The molecule has 1 aliphatic heterocycles. The molecule has 3 nitrogen and oxygen atoms in total. The highest BCUT2D eigenvalue weighted by molar-refractivity contribution is 5.88. The van der Waals surface area contributed by atoms with E-state index in [0.29, 0.717) is 6.61 Å². The molecular formula is C17H21NO2. The number of ether oxygens (including phenoxy) is 1. The predicted molar refractivity (Wildman–Crippen MR) is 80.7 cm³/mol. The van der Waals surface area contributed by atoms with E-state index in [2.05, 4.69) is 5.32 Å². The van der Waals surface area contributed by atoms with Gasteiger partial charge in [0, 0.05) is 11.6 Å². The van der Waals surface area contributed by atoms with Crippen molar-refractivity contribution in [2.45, 2.75) is 32.7 Å². The van der Waals surface area contributed by atoms with Crippen molar-refractivity contribution in [3.05, 3.63) is 53.6 Å². The second kappa shape index (κ2) is 6.94. The summed E-state index contributed by atoms with van der Waals surface area (Å²) < 4.78 is 5.81. The largest absolute Gasteiger partial charge is 0.493 e. The fourth-order valence-corrected chi connectivity index (χ4v) is 2.39. The highest BCUT2D eigenvalue weighted by Crippen LogP contribution is 2.33. The molecule has 0 bridgehead atoms. The minimum atomic E-state index is -0.0672. The Hall–Kier alpha value is -2.03. The molecule has 0 aromatic heterocycles. The molecule has 1 aromatic carbocycles. The topological polar surface area (TPSA) is 38.3 Å². The summed E-state index contributed by atoms with van der Waals surface area (Å²) in [5.74, 6) is 0.857. The van der Waals surface area contributed by atoms with E-state index < -0.39 is 0 Å². The fraction of sp³-hybridized carbons (Fsp3) is 0.353. The zero-order valence-electron chi connectivity index (χ0n) is 12.1. The van der Waals surface area contributed by atoms with Crippen molar-refractivity contribution >= 4 is 5.91 Å². The average molecular weight is 271 g/mol. The lowest BCUT2D eigenvalue weighted by Crippen LogP contribution is -2.26. The lowest BCUT2D eigenvalue weighted by Gasteiger charge is -2.18. The monoisotopic (exact) mass is 271 g/mol. The summed E-state index contributed by atoms with van der Waals surface area (Å²) in [6, 6.07) is 6.11. The van der Waals surface area contributed by atoms with Crippen LogP contribution >= 0.6 is 0 Å². The maximum Gasteiger partial charge on any atom is 0.244 e. The van der Waals surface area contributed by atoms with Gasteiger partial charge in [-0.2, -0.15) is 0 Å². The zero-order chi connectivity index (χ0) is 14.4. The number of aryl methyl sites for hydroxylation is 1. The van der Waals surface area contributed by atoms with Crippen LogP contribution in [0.1, 0.15) is 36.9 Å². The molecule has 1 amide bonds. The number of rotatable bonds is 3. The van der Waals surface area contributed by atoms with Gasteiger partial charge < -0.3 is 10.1 Å². The van der Waals surface area contributed by atoms with Gasteiger partial charge >= 0.3 is 0 Å². The molecule has 1 aliphatic rings. The molecule has 2 rings (SSSR count). The molecule has 1 aromatic rings. The van der Waals surface area contributed by atoms with Crippen LogP contribution in [0.5, 0.6) is 5.75 Å². The van der Waals surface area contributed by atoms with Crippen LogP contribution in [0.2, 0.25) is 0 Å². The maximum absolute atomic E-state index is 11.9. The average Bonchev–Trinajstić information content (AvgIpc) is 2.63. The number of carbonyl (C=O) groups is 1. The Morgan fingerprint density at radius 1 is 1.40 bits per heavy atom. The normalized spacial score (nSPS) is 18.6. The first kappa shape index (κ1) is 14.4. The Labute approximate surface area is 120 Å². The Balaban J connectivity index is 2.17. The first-order chi connectivity index (χ1) is 9.72. The van der Waals surface area contributed by atoms with Crippen LogP contribution < -0.4 is 10.1 Å². The number of hydrogen-bond donors (Lipinski definition) is 1. The Bertz CT molecular complexity index is 532. The van der Waals surface area contributed by atoms with Crippen LogP contribution in [0.3, 0.4) is 0 Å². The number of amides is 1. The van der Waals surface area contributed by atoms with Crippen molar-refractivity contribution in [3.63, 3.8) is 0 Å². The van der Waals surface area contributed by atoms with Gasteiger partial charge in [0.1, 0.15) is 5.75 Å². The van der Waals surface area contributed by atoms with E-state index in [1.807, 2.05) is 44.2 Å². The van der Waals surface area contributed by atoms with Gasteiger partial charge in [-0.1, -0.05) is 36.4 Å². The molecule has 3 heteroatoms. The van der Waals surface area contributed by atoms with Gasteiger partial charge in [-0.05, 0) is 32.3 Å². The Morgan fingerprint density at radius 2 is 2.25 bits per heavy atom. The van der Waals surface area contributed by atoms with Crippen molar-refractivity contribution < 1.29 is 9.53 Å². The molecule has 1 N–H and O–H groups in total. The first-order valence-electron chi connectivity index (χ1n) is 7.04. The van der Waals surface area contributed by atoms with E-state index in [9.17, 15) is 4.79 Å². The molecule has 1 atom stereocenters. The van der Waals surface area contributed by atoms with Gasteiger partial charge in [-0.15, -0.1) is 0 Å². The highest BCUT2D eigenvalue weighted by atomic mass is 16.5. The van der Waals surface area contributed by atoms with Crippen molar-refractivity contribution in [1.29, 1.82) is 0 Å². The van der Waals surface area contributed by atoms with Crippen molar-refractivity contribution in [3.8, 4) is 5.75 Å². The zero-order valence-corrected chi connectivity index (χ0v) is 12.1. The number of para-hydroxylation sites is 1. The predicted octanol–water partition coefficient (Wildman–Crippen LogP) is 3.46. The van der Waals surface area contributed by atoms with Crippen LogP contribution in [-0.4, -0.2) is 12.5 Å². The number of fused-ring (bicyclic) bond motifs is 1. The first-order valence-corrected chi connectivity index (χ1v) is 7.04. The Morgan fingerprint density at radius 3 is 3.05 bits per heavy atom. The van der Waals surface area contributed by atoms with Gasteiger partial charge in [-0.25, -0.2) is 0 Å². The SMILES string of the molecule is C/C=C/C=C/C(=O)NC1CCCOc2c(C)cccc21. The van der Waals surface area contributed by atoms with Gasteiger partial charge in [-0.3, -0.25) is 4.79 Å². The number of allylic oxidation sites excluding steroid dienone is 3. The molecule has 0 aliphatic carbocycles. The minimum Gasteiger partial charge on any atom is -0.493 e. The van der Waals surface area contributed by atoms with Gasteiger partial charge in [0.05, 0.1) is 12.6 Å². The molecule has 1 heterocycles. The number of hydrogen-bond acceptors (Lipinski definition) is 2. The standard InChI is InChI=1S/C17H21NO2/c1-3-4-5-11-16(19)18-15-10-7-12-20-17-13(2)8-6-9-14(15)17/h3-6,8-9,11,15H,7,10,12H2,1-2H3,(H,18,19)/b4-3+,11-5+. The van der Waals surface area contributed by atoms with Crippen LogP contribution in [0.15, 0.2) is 42.5 Å². The summed E-state index contributed by atoms with van der Waals surface area (Å²) in [6.07, 6.45) is 8.88. The summed E-state index contributed by atoms with van der Waals surface area (Å²) in [7, 11) is 0. The van der Waals surface area contributed by atoms with Crippen LogP contribution in [0.25, 0.3) is 0 Å². The Kier molecular flexibility index (Phi) is 4.99. The lowest BCUT2D eigenvalue weighted by atomic mass is 10.00. The third kappa shape index (κ3) is 3.50. The second-order valence-electron chi connectivity index (χ2n) is 4.93. The fourth-order valence-electron chi connectivity index (χ4n) is 2.39. The third-order valence-corrected chi connectivity index (χ3v) is 3.37.